The molecule has 1 aliphatic carbocycles. The molecule has 0 radical (unpaired) electrons. The van der Waals surface area contributed by atoms with Gasteiger partial charge in [0.15, 0.2) is 0 Å². The van der Waals surface area contributed by atoms with Gasteiger partial charge in [-0.05, 0) is 63.5 Å². The summed E-state index contributed by atoms with van der Waals surface area (Å²) in [6.07, 6.45) is 10.8. The molecule has 0 aliphatic heterocycles. The SMILES string of the molecule is C/C1=C/C=C(/C(C)C)C(O)C(O)/C(C)=C/CC/C(C)=C/CC1. The maximum atomic E-state index is 10.5. The van der Waals surface area contributed by atoms with Crippen LogP contribution >= 0.6 is 0 Å². The molecule has 0 heterocycles. The van der Waals surface area contributed by atoms with Crippen molar-refractivity contribution in [1.82, 2.24) is 0 Å². The molecule has 0 bridgehead atoms. The second-order valence-electron chi connectivity index (χ2n) is 6.80. The Morgan fingerprint density at radius 2 is 1.45 bits per heavy atom. The Morgan fingerprint density at radius 1 is 0.864 bits per heavy atom. The fraction of sp³-hybridized carbons (Fsp3) is 0.600. The minimum Gasteiger partial charge on any atom is -0.386 e. The van der Waals surface area contributed by atoms with E-state index in [1.165, 1.54) is 11.1 Å². The van der Waals surface area contributed by atoms with Crippen LogP contribution in [0, 0.1) is 5.92 Å². The third kappa shape index (κ3) is 5.94. The predicted octanol–water partition coefficient (Wildman–Crippen LogP) is 4.70. The third-order valence-electron chi connectivity index (χ3n) is 4.37. The van der Waals surface area contributed by atoms with E-state index in [0.717, 1.165) is 36.8 Å². The van der Waals surface area contributed by atoms with Crippen LogP contribution in [0.25, 0.3) is 0 Å². The van der Waals surface area contributed by atoms with Crippen molar-refractivity contribution in [1.29, 1.82) is 0 Å². The molecule has 2 unspecified atom stereocenters. The summed E-state index contributed by atoms with van der Waals surface area (Å²) in [5, 5.41) is 20.9. The van der Waals surface area contributed by atoms with Gasteiger partial charge in [0, 0.05) is 0 Å². The number of hydrogen-bond donors (Lipinski definition) is 2. The summed E-state index contributed by atoms with van der Waals surface area (Å²) in [4.78, 5) is 0. The van der Waals surface area contributed by atoms with Gasteiger partial charge >= 0.3 is 0 Å². The van der Waals surface area contributed by atoms with Gasteiger partial charge in [-0.25, -0.2) is 0 Å². The fourth-order valence-corrected chi connectivity index (χ4v) is 2.68. The first-order valence-electron chi connectivity index (χ1n) is 8.38. The highest BCUT2D eigenvalue weighted by Gasteiger charge is 2.23. The molecule has 124 valence electrons. The molecule has 0 amide bonds. The molecule has 0 saturated heterocycles. The molecule has 2 N–H and O–H groups in total. The lowest BCUT2D eigenvalue weighted by Crippen LogP contribution is -2.30. The van der Waals surface area contributed by atoms with Crippen LogP contribution in [0.5, 0.6) is 0 Å². The Kier molecular flexibility index (Phi) is 7.84. The molecule has 0 aromatic rings. The van der Waals surface area contributed by atoms with Crippen molar-refractivity contribution in [2.24, 2.45) is 5.92 Å². The molecular weight excluding hydrogens is 272 g/mol. The first kappa shape index (κ1) is 18.9. The standard InChI is InChI=1S/C20H32O2/c1-14(2)18-13-12-16(4)9-6-8-15(3)10-7-11-17(5)19(21)20(18)22/h8,11-14,19-22H,6-7,9-10H2,1-5H3/b15-8+,16-12-,17-11+,18-13-. The second kappa shape index (κ2) is 9.12. The average Bonchev–Trinajstić information content (AvgIpc) is 2.45. The van der Waals surface area contributed by atoms with Crippen molar-refractivity contribution in [3.63, 3.8) is 0 Å². The summed E-state index contributed by atoms with van der Waals surface area (Å²) in [6.45, 7) is 10.3. The van der Waals surface area contributed by atoms with Crippen molar-refractivity contribution < 1.29 is 10.2 Å². The van der Waals surface area contributed by atoms with Crippen LogP contribution in [0.4, 0.5) is 0 Å². The average molecular weight is 304 g/mol. The molecule has 2 heteroatoms. The summed E-state index contributed by atoms with van der Waals surface area (Å²) in [5.74, 6) is 0.205. The molecule has 0 saturated carbocycles. The summed E-state index contributed by atoms with van der Waals surface area (Å²) >= 11 is 0. The molecule has 1 rings (SSSR count). The Bertz CT molecular complexity index is 478. The van der Waals surface area contributed by atoms with Crippen LogP contribution in [0.2, 0.25) is 0 Å². The van der Waals surface area contributed by atoms with Gasteiger partial charge in [0.05, 0.1) is 0 Å². The van der Waals surface area contributed by atoms with E-state index in [-0.39, 0.29) is 5.92 Å². The van der Waals surface area contributed by atoms with Crippen LogP contribution in [0.1, 0.15) is 60.3 Å². The second-order valence-corrected chi connectivity index (χ2v) is 6.80. The monoisotopic (exact) mass is 304 g/mol. The molecule has 1 aliphatic rings. The number of aliphatic hydroxyl groups is 2. The van der Waals surface area contributed by atoms with E-state index >= 15 is 0 Å². The lowest BCUT2D eigenvalue weighted by Gasteiger charge is -2.24. The third-order valence-corrected chi connectivity index (χ3v) is 4.37. The number of aliphatic hydroxyl groups excluding tert-OH is 2. The zero-order valence-corrected chi connectivity index (χ0v) is 14.8. The largest absolute Gasteiger partial charge is 0.386 e. The minimum absolute atomic E-state index is 0.205. The summed E-state index contributed by atoms with van der Waals surface area (Å²) in [6, 6.07) is 0. The normalized spacial score (nSPS) is 35.3. The smallest absolute Gasteiger partial charge is 0.105 e. The van der Waals surface area contributed by atoms with E-state index in [1.54, 1.807) is 0 Å². The van der Waals surface area contributed by atoms with Gasteiger partial charge in [-0.1, -0.05) is 49.3 Å². The van der Waals surface area contributed by atoms with Crippen molar-refractivity contribution in [3.05, 3.63) is 46.6 Å². The van der Waals surface area contributed by atoms with Crippen molar-refractivity contribution >= 4 is 0 Å². The summed E-state index contributed by atoms with van der Waals surface area (Å²) in [5.41, 5.74) is 4.43. The molecule has 0 fully saturated rings. The summed E-state index contributed by atoms with van der Waals surface area (Å²) in [7, 11) is 0. The Morgan fingerprint density at radius 3 is 2.09 bits per heavy atom. The van der Waals surface area contributed by atoms with Crippen LogP contribution in [-0.4, -0.2) is 22.4 Å². The lowest BCUT2D eigenvalue weighted by molar-refractivity contribution is 0.0603. The van der Waals surface area contributed by atoms with Crippen molar-refractivity contribution in [3.8, 4) is 0 Å². The van der Waals surface area contributed by atoms with Gasteiger partial charge < -0.3 is 10.2 Å². The maximum Gasteiger partial charge on any atom is 0.105 e. The van der Waals surface area contributed by atoms with Gasteiger partial charge in [-0.2, -0.15) is 0 Å². The maximum absolute atomic E-state index is 10.5. The van der Waals surface area contributed by atoms with Gasteiger partial charge in [-0.15, -0.1) is 0 Å². The van der Waals surface area contributed by atoms with Crippen molar-refractivity contribution in [2.45, 2.75) is 72.5 Å². The van der Waals surface area contributed by atoms with Crippen LogP contribution in [0.15, 0.2) is 46.6 Å². The predicted molar refractivity (Wildman–Crippen MR) is 94.7 cm³/mol. The van der Waals surface area contributed by atoms with Crippen molar-refractivity contribution in [2.75, 3.05) is 0 Å². The fourth-order valence-electron chi connectivity index (χ4n) is 2.68. The van der Waals surface area contributed by atoms with E-state index in [0.29, 0.717) is 0 Å². The van der Waals surface area contributed by atoms with E-state index in [2.05, 4.69) is 45.9 Å². The topological polar surface area (TPSA) is 40.5 Å². The van der Waals surface area contributed by atoms with Gasteiger partial charge in [-0.3, -0.25) is 0 Å². The zero-order chi connectivity index (χ0) is 16.7. The highest BCUT2D eigenvalue weighted by atomic mass is 16.3. The molecule has 0 spiro atoms. The van der Waals surface area contributed by atoms with Gasteiger partial charge in [0.1, 0.15) is 12.2 Å². The molecule has 22 heavy (non-hydrogen) atoms. The number of allylic oxidation sites excluding steroid dienone is 6. The minimum atomic E-state index is -0.833. The van der Waals surface area contributed by atoms with E-state index in [4.69, 9.17) is 0 Å². The summed E-state index contributed by atoms with van der Waals surface area (Å²) < 4.78 is 0. The Labute approximate surface area is 135 Å². The first-order chi connectivity index (χ1) is 10.3. The quantitative estimate of drug-likeness (QED) is 0.689. The number of rotatable bonds is 1. The molecule has 2 nitrogen and oxygen atoms in total. The zero-order valence-electron chi connectivity index (χ0n) is 14.8. The highest BCUT2D eigenvalue weighted by Crippen LogP contribution is 2.22. The van der Waals surface area contributed by atoms with Crippen LogP contribution in [0.3, 0.4) is 0 Å². The van der Waals surface area contributed by atoms with E-state index in [9.17, 15) is 10.2 Å². The molecule has 0 aromatic carbocycles. The highest BCUT2D eigenvalue weighted by molar-refractivity contribution is 5.25. The van der Waals surface area contributed by atoms with E-state index in [1.807, 2.05) is 13.0 Å². The van der Waals surface area contributed by atoms with Gasteiger partial charge in [0.2, 0.25) is 0 Å². The van der Waals surface area contributed by atoms with Crippen LogP contribution < -0.4 is 0 Å². The Balaban J connectivity index is 3.13. The number of hydrogen-bond acceptors (Lipinski definition) is 2. The molecule has 2 atom stereocenters. The van der Waals surface area contributed by atoms with Crippen LogP contribution in [-0.2, 0) is 0 Å². The molecular formula is C20H32O2. The molecule has 0 aromatic heterocycles. The first-order valence-corrected chi connectivity index (χ1v) is 8.38. The van der Waals surface area contributed by atoms with E-state index < -0.39 is 12.2 Å². The lowest BCUT2D eigenvalue weighted by atomic mass is 9.90. The Hall–Kier alpha value is -1.12. The van der Waals surface area contributed by atoms with Gasteiger partial charge in [0.25, 0.3) is 0 Å².